The zero-order valence-corrected chi connectivity index (χ0v) is 10.2. The van der Waals surface area contributed by atoms with Gasteiger partial charge < -0.3 is 10.6 Å². The molecule has 0 aromatic rings. The zero-order chi connectivity index (χ0) is 11.4. The van der Waals surface area contributed by atoms with Crippen molar-refractivity contribution in [3.05, 3.63) is 0 Å². The van der Waals surface area contributed by atoms with Gasteiger partial charge in [0.25, 0.3) is 0 Å². The molecule has 0 radical (unpaired) electrons. The van der Waals surface area contributed by atoms with Gasteiger partial charge in [-0.25, -0.2) is 0 Å². The smallest absolute Gasteiger partial charge is 0.239 e. The van der Waals surface area contributed by atoms with Crippen molar-refractivity contribution in [2.45, 2.75) is 46.1 Å². The van der Waals surface area contributed by atoms with Gasteiger partial charge in [-0.15, -0.1) is 0 Å². The Hall–Kier alpha value is -0.570. The van der Waals surface area contributed by atoms with Gasteiger partial charge in [0.1, 0.15) is 0 Å². The molecule has 1 aliphatic rings. The monoisotopic (exact) mass is 212 g/mol. The predicted molar refractivity (Wildman–Crippen MR) is 62.4 cm³/mol. The number of carbonyl (C=O) groups is 1. The Morgan fingerprint density at radius 3 is 2.47 bits per heavy atom. The lowest BCUT2D eigenvalue weighted by molar-refractivity contribution is -0.135. The Morgan fingerprint density at radius 2 is 2.00 bits per heavy atom. The van der Waals surface area contributed by atoms with E-state index in [4.69, 9.17) is 5.73 Å². The fourth-order valence-electron chi connectivity index (χ4n) is 1.94. The molecular formula is C12H24N2O. The first-order valence-corrected chi connectivity index (χ1v) is 6.10. The van der Waals surface area contributed by atoms with Crippen LogP contribution in [0, 0.1) is 11.8 Å². The Bertz CT molecular complexity index is 210. The summed E-state index contributed by atoms with van der Waals surface area (Å²) < 4.78 is 0. The van der Waals surface area contributed by atoms with E-state index in [1.165, 1.54) is 0 Å². The van der Waals surface area contributed by atoms with E-state index in [2.05, 4.69) is 20.8 Å². The molecule has 0 saturated carbocycles. The number of hydrogen-bond acceptors (Lipinski definition) is 2. The van der Waals surface area contributed by atoms with E-state index in [9.17, 15) is 4.79 Å². The van der Waals surface area contributed by atoms with E-state index in [1.807, 2.05) is 4.90 Å². The molecule has 1 fully saturated rings. The molecule has 0 aliphatic carbocycles. The number of carbonyl (C=O) groups excluding carboxylic acids is 1. The SMILES string of the molecule is CC[C@@H](C)[C@H](N)C(=O)N1CCC(C)CC1. The summed E-state index contributed by atoms with van der Waals surface area (Å²) >= 11 is 0. The van der Waals surface area contributed by atoms with Crippen LogP contribution in [0.25, 0.3) is 0 Å². The summed E-state index contributed by atoms with van der Waals surface area (Å²) in [6.45, 7) is 8.16. The van der Waals surface area contributed by atoms with Crippen LogP contribution in [0.15, 0.2) is 0 Å². The molecule has 3 nitrogen and oxygen atoms in total. The summed E-state index contributed by atoms with van der Waals surface area (Å²) in [7, 11) is 0. The van der Waals surface area contributed by atoms with Crippen LogP contribution in [-0.2, 0) is 4.79 Å². The molecule has 3 heteroatoms. The number of piperidine rings is 1. The second-order valence-electron chi connectivity index (χ2n) is 4.92. The van der Waals surface area contributed by atoms with Crippen molar-refractivity contribution in [3.63, 3.8) is 0 Å². The van der Waals surface area contributed by atoms with Gasteiger partial charge in [-0.05, 0) is 24.7 Å². The lowest BCUT2D eigenvalue weighted by Gasteiger charge is -2.33. The molecule has 2 N–H and O–H groups in total. The average molecular weight is 212 g/mol. The van der Waals surface area contributed by atoms with Crippen LogP contribution in [0.2, 0.25) is 0 Å². The third-order valence-electron chi connectivity index (χ3n) is 3.64. The normalized spacial score (nSPS) is 22.5. The largest absolute Gasteiger partial charge is 0.341 e. The van der Waals surface area contributed by atoms with Crippen LogP contribution in [0.1, 0.15) is 40.0 Å². The molecule has 1 rings (SSSR count). The van der Waals surface area contributed by atoms with E-state index in [1.54, 1.807) is 0 Å². The number of hydrogen-bond donors (Lipinski definition) is 1. The zero-order valence-electron chi connectivity index (χ0n) is 10.2. The first kappa shape index (κ1) is 12.5. The minimum atomic E-state index is -0.302. The lowest BCUT2D eigenvalue weighted by Crippen LogP contribution is -2.49. The maximum atomic E-state index is 12.0. The first-order chi connectivity index (χ1) is 7.06. The summed E-state index contributed by atoms with van der Waals surface area (Å²) in [4.78, 5) is 13.9. The predicted octanol–water partition coefficient (Wildman–Crippen LogP) is 1.62. The van der Waals surface area contributed by atoms with Gasteiger partial charge in [-0.3, -0.25) is 4.79 Å². The maximum absolute atomic E-state index is 12.0. The number of nitrogens with two attached hydrogens (primary N) is 1. The lowest BCUT2D eigenvalue weighted by atomic mass is 9.95. The van der Waals surface area contributed by atoms with Gasteiger partial charge in [-0.2, -0.15) is 0 Å². The molecule has 2 atom stereocenters. The second-order valence-corrected chi connectivity index (χ2v) is 4.92. The highest BCUT2D eigenvalue weighted by molar-refractivity contribution is 5.82. The summed E-state index contributed by atoms with van der Waals surface area (Å²) in [5.41, 5.74) is 5.95. The minimum absolute atomic E-state index is 0.149. The van der Waals surface area contributed by atoms with Gasteiger partial charge in [0.2, 0.25) is 5.91 Å². The Labute approximate surface area is 93.0 Å². The Balaban J connectivity index is 2.46. The first-order valence-electron chi connectivity index (χ1n) is 6.10. The fraction of sp³-hybridized carbons (Fsp3) is 0.917. The highest BCUT2D eigenvalue weighted by Gasteiger charge is 2.27. The molecular weight excluding hydrogens is 188 g/mol. The van der Waals surface area contributed by atoms with E-state index in [-0.39, 0.29) is 17.9 Å². The van der Waals surface area contributed by atoms with Crippen LogP contribution in [0.3, 0.4) is 0 Å². The van der Waals surface area contributed by atoms with Crippen LogP contribution < -0.4 is 5.73 Å². The molecule has 0 bridgehead atoms. The van der Waals surface area contributed by atoms with Gasteiger partial charge in [-0.1, -0.05) is 27.2 Å². The number of rotatable bonds is 3. The number of nitrogens with zero attached hydrogens (tertiary/aromatic N) is 1. The molecule has 1 saturated heterocycles. The van der Waals surface area contributed by atoms with Crippen LogP contribution in [-0.4, -0.2) is 29.9 Å². The van der Waals surface area contributed by atoms with Crippen molar-refractivity contribution >= 4 is 5.91 Å². The summed E-state index contributed by atoms with van der Waals surface area (Å²) in [5.74, 6) is 1.20. The molecule has 1 aliphatic heterocycles. The van der Waals surface area contributed by atoms with E-state index >= 15 is 0 Å². The molecule has 0 unspecified atom stereocenters. The molecule has 15 heavy (non-hydrogen) atoms. The Morgan fingerprint density at radius 1 is 1.47 bits per heavy atom. The van der Waals surface area contributed by atoms with E-state index in [0.29, 0.717) is 0 Å². The van der Waals surface area contributed by atoms with Crippen LogP contribution in [0.5, 0.6) is 0 Å². The average Bonchev–Trinajstić information content (AvgIpc) is 2.27. The van der Waals surface area contributed by atoms with Gasteiger partial charge in [0.15, 0.2) is 0 Å². The molecule has 0 aromatic carbocycles. The van der Waals surface area contributed by atoms with E-state index in [0.717, 1.165) is 38.3 Å². The quantitative estimate of drug-likeness (QED) is 0.772. The van der Waals surface area contributed by atoms with Crippen LogP contribution >= 0.6 is 0 Å². The molecule has 0 spiro atoms. The highest BCUT2D eigenvalue weighted by atomic mass is 16.2. The highest BCUT2D eigenvalue weighted by Crippen LogP contribution is 2.18. The van der Waals surface area contributed by atoms with Crippen molar-refractivity contribution in [1.82, 2.24) is 4.90 Å². The third-order valence-corrected chi connectivity index (χ3v) is 3.64. The number of likely N-dealkylation sites (tertiary alicyclic amines) is 1. The van der Waals surface area contributed by atoms with Gasteiger partial charge in [0.05, 0.1) is 6.04 Å². The van der Waals surface area contributed by atoms with E-state index < -0.39 is 0 Å². The third kappa shape index (κ3) is 3.20. The maximum Gasteiger partial charge on any atom is 0.239 e. The molecule has 1 amide bonds. The van der Waals surface area contributed by atoms with Gasteiger partial charge in [0, 0.05) is 13.1 Å². The molecule has 0 aromatic heterocycles. The van der Waals surface area contributed by atoms with Gasteiger partial charge >= 0.3 is 0 Å². The topological polar surface area (TPSA) is 46.3 Å². The summed E-state index contributed by atoms with van der Waals surface area (Å²) in [5, 5.41) is 0. The fourth-order valence-corrected chi connectivity index (χ4v) is 1.94. The molecule has 1 heterocycles. The summed E-state index contributed by atoms with van der Waals surface area (Å²) in [6, 6.07) is -0.302. The standard InChI is InChI=1S/C12H24N2O/c1-4-10(3)11(13)12(15)14-7-5-9(2)6-8-14/h9-11H,4-8,13H2,1-3H3/t10-,11+/m1/s1. The van der Waals surface area contributed by atoms with Crippen molar-refractivity contribution < 1.29 is 4.79 Å². The second kappa shape index (κ2) is 5.50. The minimum Gasteiger partial charge on any atom is -0.341 e. The summed E-state index contributed by atoms with van der Waals surface area (Å²) in [6.07, 6.45) is 3.22. The Kier molecular flexibility index (Phi) is 4.58. The van der Waals surface area contributed by atoms with Crippen LogP contribution in [0.4, 0.5) is 0 Å². The molecule has 88 valence electrons. The van der Waals surface area contributed by atoms with Crippen molar-refractivity contribution in [3.8, 4) is 0 Å². The van der Waals surface area contributed by atoms with Crippen molar-refractivity contribution in [1.29, 1.82) is 0 Å². The van der Waals surface area contributed by atoms with Crippen molar-refractivity contribution in [2.24, 2.45) is 17.6 Å². The number of amides is 1. The van der Waals surface area contributed by atoms with Crippen molar-refractivity contribution in [2.75, 3.05) is 13.1 Å².